The molecule has 0 N–H and O–H groups in total. The zero-order valence-electron chi connectivity index (χ0n) is 16.2. The molecule has 4 rings (SSSR count). The van der Waals surface area contributed by atoms with Crippen LogP contribution in [-0.4, -0.2) is 68.4 Å². The predicted octanol–water partition coefficient (Wildman–Crippen LogP) is 1.06. The van der Waals surface area contributed by atoms with Gasteiger partial charge >= 0.3 is 0 Å². The summed E-state index contributed by atoms with van der Waals surface area (Å²) in [6.45, 7) is 5.67. The molecule has 3 aromatic rings. The summed E-state index contributed by atoms with van der Waals surface area (Å²) in [7, 11) is 0. The van der Waals surface area contributed by atoms with Crippen LogP contribution in [0.2, 0.25) is 0 Å². The number of carbonyl (C=O) groups excluding carboxylic acids is 1. The largest absolute Gasteiger partial charge is 0.361 e. The van der Waals surface area contributed by atoms with Gasteiger partial charge in [0.2, 0.25) is 0 Å². The molecule has 9 nitrogen and oxygen atoms in total. The van der Waals surface area contributed by atoms with E-state index in [1.54, 1.807) is 31.5 Å². The number of aromatic nitrogens is 4. The van der Waals surface area contributed by atoms with Crippen molar-refractivity contribution in [3.63, 3.8) is 0 Å². The number of carbonyl (C=O) groups is 1. The molecule has 0 bridgehead atoms. The summed E-state index contributed by atoms with van der Waals surface area (Å²) in [5, 5.41) is 8.16. The summed E-state index contributed by atoms with van der Waals surface area (Å²) in [4.78, 5) is 32.8. The lowest BCUT2D eigenvalue weighted by molar-refractivity contribution is 0.0630. The number of hydrogen-bond acceptors (Lipinski definition) is 7. The van der Waals surface area contributed by atoms with Crippen molar-refractivity contribution in [3.05, 3.63) is 64.5 Å². The Labute approximate surface area is 167 Å². The highest BCUT2D eigenvalue weighted by atomic mass is 16.5. The van der Waals surface area contributed by atoms with Crippen LogP contribution in [0.3, 0.4) is 0 Å². The molecule has 0 atom stereocenters. The minimum Gasteiger partial charge on any atom is -0.361 e. The van der Waals surface area contributed by atoms with Crippen molar-refractivity contribution in [1.29, 1.82) is 0 Å². The van der Waals surface area contributed by atoms with Crippen LogP contribution in [-0.2, 0) is 6.54 Å². The van der Waals surface area contributed by atoms with Gasteiger partial charge in [-0.2, -0.15) is 5.10 Å². The lowest BCUT2D eigenvalue weighted by atomic mass is 10.2. The molecule has 1 saturated heterocycles. The van der Waals surface area contributed by atoms with Crippen LogP contribution in [0.4, 0.5) is 0 Å². The fourth-order valence-electron chi connectivity index (χ4n) is 3.37. The molecule has 1 aliphatic heterocycles. The van der Waals surface area contributed by atoms with Crippen molar-refractivity contribution < 1.29 is 9.32 Å². The van der Waals surface area contributed by atoms with E-state index in [0.29, 0.717) is 37.5 Å². The van der Waals surface area contributed by atoms with Crippen molar-refractivity contribution in [3.8, 4) is 11.3 Å². The first-order chi connectivity index (χ1) is 14.1. The number of aryl methyl sites for hydroxylation is 1. The van der Waals surface area contributed by atoms with Crippen LogP contribution in [0.25, 0.3) is 11.3 Å². The zero-order chi connectivity index (χ0) is 20.2. The fourth-order valence-corrected chi connectivity index (χ4v) is 3.37. The molecule has 1 aliphatic rings. The van der Waals surface area contributed by atoms with Gasteiger partial charge in [-0.1, -0.05) is 5.16 Å². The Morgan fingerprint density at radius 3 is 2.52 bits per heavy atom. The van der Waals surface area contributed by atoms with E-state index in [-0.39, 0.29) is 11.5 Å². The third-order valence-corrected chi connectivity index (χ3v) is 5.11. The van der Waals surface area contributed by atoms with Crippen LogP contribution in [0.15, 0.2) is 52.2 Å². The molecule has 1 amide bonds. The smallest absolute Gasteiger partial charge is 0.266 e. The lowest BCUT2D eigenvalue weighted by Crippen LogP contribution is -2.49. The summed E-state index contributed by atoms with van der Waals surface area (Å²) in [6, 6.07) is 7.00. The maximum atomic E-state index is 12.5. The van der Waals surface area contributed by atoms with Crippen LogP contribution in [0.5, 0.6) is 0 Å². The second-order valence-electron chi connectivity index (χ2n) is 6.95. The average molecular weight is 394 g/mol. The van der Waals surface area contributed by atoms with Gasteiger partial charge in [0.05, 0.1) is 18.4 Å². The maximum Gasteiger partial charge on any atom is 0.266 e. The van der Waals surface area contributed by atoms with E-state index < -0.39 is 0 Å². The highest BCUT2D eigenvalue weighted by molar-refractivity contribution is 5.94. The summed E-state index contributed by atoms with van der Waals surface area (Å²) >= 11 is 0. The lowest BCUT2D eigenvalue weighted by Gasteiger charge is -2.34. The van der Waals surface area contributed by atoms with Crippen molar-refractivity contribution in [2.24, 2.45) is 0 Å². The highest BCUT2D eigenvalue weighted by Crippen LogP contribution is 2.14. The summed E-state index contributed by atoms with van der Waals surface area (Å²) < 4.78 is 6.48. The second kappa shape index (κ2) is 8.36. The van der Waals surface area contributed by atoms with Crippen LogP contribution >= 0.6 is 0 Å². The first-order valence-electron chi connectivity index (χ1n) is 9.53. The Balaban J connectivity index is 1.34. The quantitative estimate of drug-likeness (QED) is 0.638. The zero-order valence-corrected chi connectivity index (χ0v) is 16.2. The Morgan fingerprint density at radius 2 is 1.83 bits per heavy atom. The van der Waals surface area contributed by atoms with E-state index in [1.807, 2.05) is 17.0 Å². The number of pyridine rings is 1. The summed E-state index contributed by atoms with van der Waals surface area (Å²) in [5.74, 6) is 0.489. The average Bonchev–Trinajstić information content (AvgIpc) is 3.19. The number of rotatable bonds is 5. The Bertz CT molecular complexity index is 1040. The maximum absolute atomic E-state index is 12.5. The van der Waals surface area contributed by atoms with Gasteiger partial charge in [0.1, 0.15) is 11.3 Å². The molecule has 9 heteroatoms. The van der Waals surface area contributed by atoms with Gasteiger partial charge in [-0.15, -0.1) is 0 Å². The van der Waals surface area contributed by atoms with E-state index in [0.717, 1.165) is 24.3 Å². The molecule has 0 spiro atoms. The van der Waals surface area contributed by atoms with Crippen molar-refractivity contribution in [1.82, 2.24) is 29.7 Å². The monoisotopic (exact) mass is 394 g/mol. The van der Waals surface area contributed by atoms with E-state index in [4.69, 9.17) is 4.52 Å². The molecule has 0 aromatic carbocycles. The molecular formula is C20H22N6O3. The summed E-state index contributed by atoms with van der Waals surface area (Å²) in [6.07, 6.45) is 4.88. The minimum atomic E-state index is -0.125. The Kier molecular flexibility index (Phi) is 5.48. The normalized spacial score (nSPS) is 14.9. The molecule has 29 heavy (non-hydrogen) atoms. The standard InChI is InChI=1S/C20H22N6O3/c1-15-17(14-22-29-15)20(28)25-11-8-24(9-12-25)10-13-26-19(27)3-2-18(23-26)16-4-6-21-7-5-16/h2-7,14H,8-13H2,1H3. The molecule has 3 aromatic heterocycles. The van der Waals surface area contributed by atoms with Gasteiger partial charge in [-0.25, -0.2) is 4.68 Å². The van der Waals surface area contributed by atoms with Gasteiger partial charge < -0.3 is 9.42 Å². The van der Waals surface area contributed by atoms with Gasteiger partial charge in [0, 0.05) is 56.7 Å². The SMILES string of the molecule is Cc1oncc1C(=O)N1CCN(CCn2nc(-c3ccncc3)ccc2=O)CC1. The first kappa shape index (κ1) is 19.0. The van der Waals surface area contributed by atoms with Gasteiger partial charge in [-0.3, -0.25) is 19.5 Å². The van der Waals surface area contributed by atoms with Crippen molar-refractivity contribution in [2.45, 2.75) is 13.5 Å². The van der Waals surface area contributed by atoms with Gasteiger partial charge in [0.25, 0.3) is 11.5 Å². The number of nitrogens with zero attached hydrogens (tertiary/aromatic N) is 6. The minimum absolute atomic E-state index is 0.0497. The molecular weight excluding hydrogens is 372 g/mol. The molecule has 0 saturated carbocycles. The topological polar surface area (TPSA) is 97.4 Å². The molecule has 1 fully saturated rings. The van der Waals surface area contributed by atoms with Crippen LogP contribution < -0.4 is 5.56 Å². The third-order valence-electron chi connectivity index (χ3n) is 5.11. The summed E-state index contributed by atoms with van der Waals surface area (Å²) in [5.41, 5.74) is 2.05. The molecule has 150 valence electrons. The molecule has 4 heterocycles. The van der Waals surface area contributed by atoms with Crippen LogP contribution in [0, 0.1) is 6.92 Å². The molecule has 0 unspecified atom stereocenters. The van der Waals surface area contributed by atoms with E-state index >= 15 is 0 Å². The van der Waals surface area contributed by atoms with E-state index in [2.05, 4.69) is 20.1 Å². The van der Waals surface area contributed by atoms with Crippen molar-refractivity contribution >= 4 is 5.91 Å². The highest BCUT2D eigenvalue weighted by Gasteiger charge is 2.24. The third kappa shape index (κ3) is 4.24. The van der Waals surface area contributed by atoms with Gasteiger partial charge in [0.15, 0.2) is 0 Å². The Hall–Kier alpha value is -3.33. The number of amides is 1. The van der Waals surface area contributed by atoms with Crippen molar-refractivity contribution in [2.75, 3.05) is 32.7 Å². The molecule has 0 aliphatic carbocycles. The predicted molar refractivity (Wildman–Crippen MR) is 105 cm³/mol. The Morgan fingerprint density at radius 1 is 1.07 bits per heavy atom. The van der Waals surface area contributed by atoms with E-state index in [1.165, 1.54) is 10.9 Å². The fraction of sp³-hybridized carbons (Fsp3) is 0.350. The first-order valence-corrected chi connectivity index (χ1v) is 9.53. The molecule has 0 radical (unpaired) electrons. The number of piperazine rings is 1. The number of hydrogen-bond donors (Lipinski definition) is 0. The second-order valence-corrected chi connectivity index (χ2v) is 6.95. The van der Waals surface area contributed by atoms with E-state index in [9.17, 15) is 9.59 Å². The van der Waals surface area contributed by atoms with Crippen LogP contribution in [0.1, 0.15) is 16.1 Å². The van der Waals surface area contributed by atoms with Gasteiger partial charge in [-0.05, 0) is 25.1 Å².